The number of thioether (sulfide) groups is 1. The number of aromatic nitrogens is 3. The summed E-state index contributed by atoms with van der Waals surface area (Å²) < 4.78 is 6.69. The van der Waals surface area contributed by atoms with Gasteiger partial charge in [-0.2, -0.15) is 0 Å². The highest BCUT2D eigenvalue weighted by atomic mass is 32.2. The molecule has 0 spiro atoms. The number of anilines is 1. The van der Waals surface area contributed by atoms with Gasteiger partial charge in [-0.05, 0) is 25.0 Å². The Morgan fingerprint density at radius 3 is 2.52 bits per heavy atom. The van der Waals surface area contributed by atoms with Crippen LogP contribution in [0.4, 0.5) is 5.00 Å². The van der Waals surface area contributed by atoms with Gasteiger partial charge < -0.3 is 19.5 Å². The zero-order valence-corrected chi connectivity index (χ0v) is 20.9. The molecule has 0 aliphatic rings. The summed E-state index contributed by atoms with van der Waals surface area (Å²) in [6.45, 7) is 3.66. The number of ether oxygens (including phenoxy) is 1. The highest BCUT2D eigenvalue weighted by Crippen LogP contribution is 2.34. The number of hydrogen-bond acceptors (Lipinski definition) is 8. The van der Waals surface area contributed by atoms with Crippen molar-refractivity contribution in [3.63, 3.8) is 0 Å². The lowest BCUT2D eigenvalue weighted by atomic mass is 10.1. The third-order valence-corrected chi connectivity index (χ3v) is 7.16. The second-order valence-electron chi connectivity index (χ2n) is 7.47. The molecule has 9 nitrogen and oxygen atoms in total. The van der Waals surface area contributed by atoms with Crippen molar-refractivity contribution >= 4 is 45.9 Å². The predicted molar refractivity (Wildman–Crippen MR) is 129 cm³/mol. The molecule has 2 aromatic heterocycles. The first-order valence-corrected chi connectivity index (χ1v) is 11.8. The van der Waals surface area contributed by atoms with E-state index in [1.165, 1.54) is 23.8 Å². The molecule has 2 amide bonds. The molecule has 1 N–H and O–H groups in total. The second kappa shape index (κ2) is 10.2. The van der Waals surface area contributed by atoms with Crippen LogP contribution in [-0.4, -0.2) is 64.4 Å². The van der Waals surface area contributed by atoms with Gasteiger partial charge in [-0.25, -0.2) is 4.79 Å². The average Bonchev–Trinajstić information content (AvgIpc) is 3.30. The van der Waals surface area contributed by atoms with Crippen molar-refractivity contribution in [3.05, 3.63) is 45.8 Å². The van der Waals surface area contributed by atoms with Crippen LogP contribution in [0, 0.1) is 13.8 Å². The molecule has 0 radical (unpaired) electrons. The molecule has 0 unspecified atom stereocenters. The number of carbonyl (C=O) groups excluding carboxylic acids is 3. The maximum absolute atomic E-state index is 12.7. The number of rotatable bonds is 7. The number of nitrogens with one attached hydrogen (secondary N) is 1. The summed E-state index contributed by atoms with van der Waals surface area (Å²) in [7, 11) is 6.36. The lowest BCUT2D eigenvalue weighted by Gasteiger charge is -2.08. The lowest BCUT2D eigenvalue weighted by molar-refractivity contribution is -0.113. The van der Waals surface area contributed by atoms with Crippen LogP contribution in [0.2, 0.25) is 0 Å². The van der Waals surface area contributed by atoms with Crippen LogP contribution in [0.25, 0.3) is 11.4 Å². The molecule has 0 aliphatic heterocycles. The van der Waals surface area contributed by atoms with Crippen molar-refractivity contribution in [3.8, 4) is 11.4 Å². The minimum Gasteiger partial charge on any atom is -0.465 e. The number of amides is 2. The fourth-order valence-corrected chi connectivity index (χ4v) is 5.09. The van der Waals surface area contributed by atoms with E-state index in [0.717, 1.165) is 22.5 Å². The number of esters is 1. The zero-order valence-electron chi connectivity index (χ0n) is 19.3. The Kier molecular flexibility index (Phi) is 7.54. The van der Waals surface area contributed by atoms with Gasteiger partial charge in [-0.1, -0.05) is 36.0 Å². The summed E-state index contributed by atoms with van der Waals surface area (Å²) >= 11 is 2.28. The number of thiophene rings is 1. The summed E-state index contributed by atoms with van der Waals surface area (Å²) in [6.07, 6.45) is 0. The molecule has 2 heterocycles. The number of nitrogens with zero attached hydrogens (tertiary/aromatic N) is 4. The van der Waals surface area contributed by atoms with Gasteiger partial charge in [0, 0.05) is 26.7 Å². The van der Waals surface area contributed by atoms with Gasteiger partial charge in [0.15, 0.2) is 11.0 Å². The monoisotopic (exact) mass is 487 g/mol. The normalized spacial score (nSPS) is 10.7. The molecule has 0 saturated carbocycles. The smallest absolute Gasteiger partial charge is 0.341 e. The van der Waals surface area contributed by atoms with Crippen LogP contribution in [0.1, 0.15) is 31.2 Å². The Labute approximate surface area is 200 Å². The summed E-state index contributed by atoms with van der Waals surface area (Å²) in [4.78, 5) is 39.3. The molecular weight excluding hydrogens is 462 g/mol. The molecule has 3 aromatic rings. The van der Waals surface area contributed by atoms with Crippen LogP contribution < -0.4 is 5.32 Å². The molecule has 174 valence electrons. The molecule has 11 heteroatoms. The first-order valence-electron chi connectivity index (χ1n) is 9.97. The van der Waals surface area contributed by atoms with Gasteiger partial charge >= 0.3 is 5.97 Å². The van der Waals surface area contributed by atoms with Crippen molar-refractivity contribution < 1.29 is 19.1 Å². The number of aryl methyl sites for hydroxylation is 1. The molecule has 0 fully saturated rings. The van der Waals surface area contributed by atoms with E-state index < -0.39 is 5.97 Å². The average molecular weight is 488 g/mol. The SMILES string of the molecule is COC(=O)c1c(NC(=O)CSc2nnc(-c3ccccc3C)n2C)sc(C(=O)N(C)C)c1C. The Morgan fingerprint density at radius 1 is 1.18 bits per heavy atom. The van der Waals surface area contributed by atoms with Crippen molar-refractivity contribution in [1.82, 2.24) is 19.7 Å². The Morgan fingerprint density at radius 2 is 1.88 bits per heavy atom. The fourth-order valence-electron chi connectivity index (χ4n) is 3.15. The summed E-state index contributed by atoms with van der Waals surface area (Å²) in [6, 6.07) is 7.87. The highest BCUT2D eigenvalue weighted by molar-refractivity contribution is 7.99. The van der Waals surface area contributed by atoms with Crippen LogP contribution in [0.5, 0.6) is 0 Å². The third kappa shape index (κ3) is 5.09. The van der Waals surface area contributed by atoms with Crippen LogP contribution in [0.15, 0.2) is 29.4 Å². The predicted octanol–water partition coefficient (Wildman–Crippen LogP) is 3.38. The number of hydrogen-bond donors (Lipinski definition) is 1. The molecular formula is C22H25N5O4S2. The Hall–Kier alpha value is -3.18. The maximum atomic E-state index is 12.7. The summed E-state index contributed by atoms with van der Waals surface area (Å²) in [5, 5.41) is 12.1. The molecule has 33 heavy (non-hydrogen) atoms. The molecule has 3 rings (SSSR count). The first-order chi connectivity index (χ1) is 15.6. The van der Waals surface area contributed by atoms with E-state index in [1.807, 2.05) is 42.8 Å². The highest BCUT2D eigenvalue weighted by Gasteiger charge is 2.27. The van der Waals surface area contributed by atoms with Gasteiger partial charge in [0.1, 0.15) is 5.00 Å². The quantitative estimate of drug-likeness (QED) is 0.402. The minimum absolute atomic E-state index is 0.0499. The standard InChI is InChI=1S/C22H25N5O4S2/c1-12-9-7-8-10-14(12)18-24-25-22(27(18)5)32-11-15(28)23-19-16(21(30)31-6)13(2)17(33-19)20(29)26(3)4/h7-10H,11H2,1-6H3,(H,23,28). The first kappa shape index (κ1) is 24.5. The molecule has 0 saturated heterocycles. The molecule has 0 atom stereocenters. The van der Waals surface area contributed by atoms with Gasteiger partial charge in [0.25, 0.3) is 5.91 Å². The van der Waals surface area contributed by atoms with Gasteiger partial charge in [0.05, 0.1) is 23.3 Å². The van der Waals surface area contributed by atoms with Gasteiger partial charge in [-0.3, -0.25) is 9.59 Å². The molecule has 0 bridgehead atoms. The zero-order chi connectivity index (χ0) is 24.3. The van der Waals surface area contributed by atoms with Crippen molar-refractivity contribution in [2.24, 2.45) is 7.05 Å². The Bertz CT molecular complexity index is 1220. The summed E-state index contributed by atoms with van der Waals surface area (Å²) in [5.74, 6) is -0.435. The maximum Gasteiger partial charge on any atom is 0.341 e. The van der Waals surface area contributed by atoms with E-state index >= 15 is 0 Å². The summed E-state index contributed by atoms with van der Waals surface area (Å²) in [5.41, 5.74) is 2.71. The minimum atomic E-state index is -0.610. The van der Waals surface area contributed by atoms with Crippen LogP contribution in [-0.2, 0) is 16.6 Å². The van der Waals surface area contributed by atoms with E-state index in [1.54, 1.807) is 21.0 Å². The second-order valence-corrected chi connectivity index (χ2v) is 9.43. The van der Waals surface area contributed by atoms with Crippen LogP contribution >= 0.6 is 23.1 Å². The molecule has 1 aromatic carbocycles. The number of methoxy groups -OCH3 is 1. The van der Waals surface area contributed by atoms with Crippen LogP contribution in [0.3, 0.4) is 0 Å². The van der Waals surface area contributed by atoms with Gasteiger partial charge in [-0.15, -0.1) is 21.5 Å². The number of carbonyl (C=O) groups is 3. The third-order valence-electron chi connectivity index (χ3n) is 4.94. The van der Waals surface area contributed by atoms with Crippen molar-refractivity contribution in [2.45, 2.75) is 19.0 Å². The van der Waals surface area contributed by atoms with Crippen molar-refractivity contribution in [2.75, 3.05) is 32.3 Å². The molecule has 0 aliphatic carbocycles. The van der Waals surface area contributed by atoms with E-state index in [4.69, 9.17) is 4.74 Å². The largest absolute Gasteiger partial charge is 0.465 e. The lowest BCUT2D eigenvalue weighted by Crippen LogP contribution is -2.21. The van der Waals surface area contributed by atoms with E-state index in [2.05, 4.69) is 15.5 Å². The Balaban J connectivity index is 1.77. The van der Waals surface area contributed by atoms with E-state index in [-0.39, 0.29) is 28.1 Å². The van der Waals surface area contributed by atoms with Crippen molar-refractivity contribution in [1.29, 1.82) is 0 Å². The van der Waals surface area contributed by atoms with E-state index in [0.29, 0.717) is 21.4 Å². The number of benzene rings is 1. The fraction of sp³-hybridized carbons (Fsp3) is 0.318. The van der Waals surface area contributed by atoms with E-state index in [9.17, 15) is 14.4 Å². The van der Waals surface area contributed by atoms with Gasteiger partial charge in [0.2, 0.25) is 5.91 Å². The topological polar surface area (TPSA) is 106 Å².